The number of nitrogens with one attached hydrogen (secondary N) is 3. The fourth-order valence-corrected chi connectivity index (χ4v) is 7.81. The van der Waals surface area contributed by atoms with E-state index in [1.54, 1.807) is 12.3 Å². The number of aliphatic hydroxyl groups is 1. The molecule has 1 aromatic heterocycles. The molecule has 2 fully saturated rings. The van der Waals surface area contributed by atoms with E-state index in [-0.39, 0.29) is 49.6 Å². The Morgan fingerprint density at radius 1 is 1.10 bits per heavy atom. The van der Waals surface area contributed by atoms with Crippen LogP contribution in [0.1, 0.15) is 32.3 Å². The Labute approximate surface area is 291 Å². The van der Waals surface area contributed by atoms with Crippen molar-refractivity contribution in [2.24, 2.45) is 11.8 Å². The van der Waals surface area contributed by atoms with Crippen molar-refractivity contribution in [1.29, 1.82) is 0 Å². The van der Waals surface area contributed by atoms with Crippen LogP contribution in [0, 0.1) is 11.8 Å². The number of alkyl carbamates (subject to hydrolysis) is 1. The summed E-state index contributed by atoms with van der Waals surface area (Å²) in [5, 5.41) is 24.5. The molecule has 4 N–H and O–H groups in total. The van der Waals surface area contributed by atoms with E-state index in [4.69, 9.17) is 28.4 Å². The number of fused-ring (bicyclic) bond motifs is 2. The molecule has 5 atom stereocenters. The molecule has 0 spiro atoms. The van der Waals surface area contributed by atoms with Crippen LogP contribution in [0.3, 0.4) is 0 Å². The molecular weight excluding hydrogens is 670 g/mol. The Morgan fingerprint density at radius 2 is 1.92 bits per heavy atom. The van der Waals surface area contributed by atoms with Gasteiger partial charge in [0.25, 0.3) is 0 Å². The second-order valence-electron chi connectivity index (χ2n) is 13.0. The normalized spacial score (nSPS) is 20.9. The van der Waals surface area contributed by atoms with Crippen molar-refractivity contribution >= 4 is 21.9 Å². The van der Waals surface area contributed by atoms with Gasteiger partial charge in [-0.05, 0) is 61.1 Å². The fourth-order valence-electron chi connectivity index (χ4n) is 6.17. The van der Waals surface area contributed by atoms with Crippen LogP contribution in [0.2, 0.25) is 0 Å². The lowest BCUT2D eigenvalue weighted by atomic mass is 10.0. The van der Waals surface area contributed by atoms with Crippen LogP contribution in [0.25, 0.3) is 0 Å². The second kappa shape index (κ2) is 16.3. The second-order valence-corrected chi connectivity index (χ2v) is 14.9. The number of carbonyl (C=O) groups is 1. The summed E-state index contributed by atoms with van der Waals surface area (Å²) >= 11 is 0. The first-order valence-electron chi connectivity index (χ1n) is 16.9. The summed E-state index contributed by atoms with van der Waals surface area (Å²) in [5.74, 6) is 2.19. The van der Waals surface area contributed by atoms with Crippen molar-refractivity contribution in [3.8, 4) is 17.2 Å². The zero-order valence-electron chi connectivity index (χ0n) is 28.2. The van der Waals surface area contributed by atoms with Gasteiger partial charge in [0.05, 0.1) is 49.0 Å². The van der Waals surface area contributed by atoms with Crippen LogP contribution in [-0.2, 0) is 30.7 Å². The molecule has 15 nitrogen and oxygen atoms in total. The summed E-state index contributed by atoms with van der Waals surface area (Å²) in [5.41, 5.74) is 0.796. The molecule has 0 aliphatic carbocycles. The van der Waals surface area contributed by atoms with Gasteiger partial charge in [-0.1, -0.05) is 26.0 Å². The molecule has 1 amide bonds. The minimum Gasteiger partial charge on any atom is -0.494 e. The molecule has 2 aromatic carbocycles. The van der Waals surface area contributed by atoms with Gasteiger partial charge in [0.15, 0.2) is 17.8 Å². The number of rotatable bonds is 17. The minimum absolute atomic E-state index is 0.00931. The number of anilines is 1. The Hall–Kier alpha value is -4.09. The predicted molar refractivity (Wildman–Crippen MR) is 180 cm³/mol. The molecule has 2 saturated heterocycles. The Balaban J connectivity index is 1.13. The molecule has 0 bridgehead atoms. The highest BCUT2D eigenvalue weighted by molar-refractivity contribution is 7.89. The summed E-state index contributed by atoms with van der Waals surface area (Å²) in [7, 11) is -4.07. The lowest BCUT2D eigenvalue weighted by Crippen LogP contribution is -2.51. The number of nitrogens with zero attached hydrogens (tertiary/aromatic N) is 2. The molecular formula is C34H45N5O10S. The lowest BCUT2D eigenvalue weighted by Gasteiger charge is -2.31. The Kier molecular flexibility index (Phi) is 11.6. The van der Waals surface area contributed by atoms with Crippen molar-refractivity contribution in [1.82, 2.24) is 19.8 Å². The SMILES string of the molecule is CC(C)CN(C[C@@H](O)[C@H](Cc1ccc(OCCCNc2ccn[nH]2)cc1)NC(=O)O[C@@H]1CO[C@H]2OCC[C@H]21)S(=O)(=O)c1ccc2c(c1)OCO2. The molecule has 0 saturated carbocycles. The maximum atomic E-state index is 13.9. The van der Waals surface area contributed by atoms with Crippen LogP contribution >= 0.6 is 0 Å². The van der Waals surface area contributed by atoms with Crippen LogP contribution in [-0.4, -0.2) is 105 Å². The molecule has 3 aliphatic rings. The summed E-state index contributed by atoms with van der Waals surface area (Å²) in [4.78, 5) is 13.3. The number of sulfonamides is 1. The van der Waals surface area contributed by atoms with Crippen molar-refractivity contribution in [3.05, 3.63) is 60.3 Å². The van der Waals surface area contributed by atoms with Gasteiger partial charge in [0, 0.05) is 25.7 Å². The first kappa shape index (κ1) is 35.7. The number of carbonyl (C=O) groups excluding carboxylic acids is 1. The topological polar surface area (TPSA) is 183 Å². The van der Waals surface area contributed by atoms with E-state index in [1.165, 1.54) is 16.4 Å². The highest BCUT2D eigenvalue weighted by atomic mass is 32.2. The largest absolute Gasteiger partial charge is 0.494 e. The van der Waals surface area contributed by atoms with E-state index >= 15 is 0 Å². The summed E-state index contributed by atoms with van der Waals surface area (Å²) in [6, 6.07) is 12.7. The van der Waals surface area contributed by atoms with Crippen molar-refractivity contribution in [2.75, 3.05) is 51.6 Å². The first-order valence-corrected chi connectivity index (χ1v) is 18.3. The number of hydrogen-bond donors (Lipinski definition) is 4. The van der Waals surface area contributed by atoms with E-state index < -0.39 is 40.7 Å². The average molecular weight is 716 g/mol. The number of ether oxygens (including phenoxy) is 6. The zero-order valence-corrected chi connectivity index (χ0v) is 29.0. The number of H-pyrrole nitrogens is 1. The summed E-state index contributed by atoms with van der Waals surface area (Å²) in [6.45, 7) is 5.61. The fraction of sp³-hybridized carbons (Fsp3) is 0.529. The van der Waals surface area contributed by atoms with Crippen molar-refractivity contribution in [2.45, 2.75) is 62.5 Å². The number of aromatic nitrogens is 2. The number of hydrogen-bond acceptors (Lipinski definition) is 12. The standard InChI is InChI=1S/C34H45N5O10S/c1-22(2)18-39(50(42,43)25-8-9-29-30(17-25)48-21-47-29)19-28(40)27(37-34(41)49-31-20-46-33-26(31)11-15-45-33)16-23-4-6-24(7-5-23)44-14-3-12-35-32-10-13-36-38-32/h4-10,13,17,22,26-28,31,33,40H,3,11-12,14-16,18-21H2,1-2H3,(H,37,41)(H2,35,36,38)/t26-,27-,28+,31+,33+/m0/s1. The Morgan fingerprint density at radius 3 is 2.70 bits per heavy atom. The lowest BCUT2D eigenvalue weighted by molar-refractivity contribution is -0.0907. The highest BCUT2D eigenvalue weighted by Gasteiger charge is 2.44. The molecule has 0 radical (unpaired) electrons. The van der Waals surface area contributed by atoms with Gasteiger partial charge in [0.1, 0.15) is 17.7 Å². The number of aliphatic hydroxyl groups excluding tert-OH is 1. The van der Waals surface area contributed by atoms with Gasteiger partial charge in [-0.2, -0.15) is 9.40 Å². The van der Waals surface area contributed by atoms with Crippen LogP contribution in [0.4, 0.5) is 10.6 Å². The molecule has 0 unspecified atom stereocenters. The van der Waals surface area contributed by atoms with Crippen LogP contribution < -0.4 is 24.8 Å². The van der Waals surface area contributed by atoms with Gasteiger partial charge < -0.3 is 44.2 Å². The first-order chi connectivity index (χ1) is 24.2. The van der Waals surface area contributed by atoms with Crippen LogP contribution in [0.5, 0.6) is 17.2 Å². The van der Waals surface area contributed by atoms with E-state index in [0.29, 0.717) is 43.4 Å². The summed E-state index contributed by atoms with van der Waals surface area (Å²) < 4.78 is 62.7. The average Bonchev–Trinajstić information content (AvgIpc) is 3.92. The third-order valence-electron chi connectivity index (χ3n) is 8.74. The van der Waals surface area contributed by atoms with Crippen molar-refractivity contribution < 1.29 is 46.7 Å². The molecule has 6 rings (SSSR count). The smallest absolute Gasteiger partial charge is 0.407 e. The van der Waals surface area contributed by atoms with Gasteiger partial charge in [0.2, 0.25) is 16.8 Å². The van der Waals surface area contributed by atoms with E-state index in [9.17, 15) is 18.3 Å². The molecule has 3 aliphatic heterocycles. The van der Waals surface area contributed by atoms with Gasteiger partial charge in [-0.25, -0.2) is 13.2 Å². The zero-order chi connectivity index (χ0) is 35.1. The molecule has 16 heteroatoms. The highest BCUT2D eigenvalue weighted by Crippen LogP contribution is 2.35. The van der Waals surface area contributed by atoms with E-state index in [0.717, 1.165) is 17.8 Å². The predicted octanol–water partition coefficient (Wildman–Crippen LogP) is 3.13. The number of amides is 1. The minimum atomic E-state index is -4.07. The van der Waals surface area contributed by atoms with Gasteiger partial charge >= 0.3 is 6.09 Å². The van der Waals surface area contributed by atoms with Crippen LogP contribution in [0.15, 0.2) is 59.6 Å². The molecule has 272 valence electrons. The monoisotopic (exact) mass is 715 g/mol. The molecule has 3 aromatic rings. The Bertz CT molecular complexity index is 1660. The molecule has 4 heterocycles. The van der Waals surface area contributed by atoms with Gasteiger partial charge in [-0.15, -0.1) is 0 Å². The molecule has 50 heavy (non-hydrogen) atoms. The third kappa shape index (κ3) is 8.98. The van der Waals surface area contributed by atoms with E-state index in [2.05, 4.69) is 20.8 Å². The van der Waals surface area contributed by atoms with Crippen molar-refractivity contribution in [3.63, 3.8) is 0 Å². The summed E-state index contributed by atoms with van der Waals surface area (Å²) in [6.07, 6.45) is 0.439. The number of aromatic amines is 1. The van der Waals surface area contributed by atoms with Gasteiger partial charge in [-0.3, -0.25) is 5.10 Å². The maximum Gasteiger partial charge on any atom is 0.407 e. The quantitative estimate of drug-likeness (QED) is 0.150. The van der Waals surface area contributed by atoms with E-state index in [1.807, 2.05) is 44.2 Å². The third-order valence-corrected chi connectivity index (χ3v) is 10.6. The maximum absolute atomic E-state index is 13.9. The number of benzene rings is 2.